The third-order valence-electron chi connectivity index (χ3n) is 3.93. The van der Waals surface area contributed by atoms with Gasteiger partial charge in [0.2, 0.25) is 5.91 Å². The summed E-state index contributed by atoms with van der Waals surface area (Å²) in [5.74, 6) is -0.677. The van der Waals surface area contributed by atoms with Gasteiger partial charge < -0.3 is 9.88 Å². The number of aryl methyl sites for hydroxylation is 1. The van der Waals surface area contributed by atoms with E-state index in [1.54, 1.807) is 10.8 Å². The highest BCUT2D eigenvalue weighted by atomic mass is 19.1. The van der Waals surface area contributed by atoms with Crippen LogP contribution >= 0.6 is 0 Å². The number of benzene rings is 2. The summed E-state index contributed by atoms with van der Waals surface area (Å²) < 4.78 is 15.0. The molecule has 3 aromatic rings. The zero-order chi connectivity index (χ0) is 17.1. The second-order valence-corrected chi connectivity index (χ2v) is 5.53. The van der Waals surface area contributed by atoms with Crippen molar-refractivity contribution in [2.24, 2.45) is 0 Å². The van der Waals surface area contributed by atoms with E-state index in [0.717, 1.165) is 17.7 Å². The minimum Gasteiger partial charge on any atom is -0.338 e. The molecule has 0 saturated heterocycles. The maximum Gasteiger partial charge on any atom is 0.244 e. The summed E-state index contributed by atoms with van der Waals surface area (Å²) in [7, 11) is 0. The van der Waals surface area contributed by atoms with Gasteiger partial charge in [0.25, 0.3) is 0 Å². The largest absolute Gasteiger partial charge is 0.338 e. The molecule has 0 spiro atoms. The summed E-state index contributed by atoms with van der Waals surface area (Å²) >= 11 is 0. The Labute approximate surface area is 138 Å². The van der Waals surface area contributed by atoms with E-state index in [9.17, 15) is 14.0 Å². The predicted molar refractivity (Wildman–Crippen MR) is 92.6 cm³/mol. The molecule has 0 bridgehead atoms. The van der Waals surface area contributed by atoms with Crippen molar-refractivity contribution >= 4 is 22.5 Å². The molecule has 0 aliphatic carbocycles. The monoisotopic (exact) mass is 324 g/mol. The number of carbonyl (C=O) groups excluding carboxylic acids is 1. The molecule has 0 saturated carbocycles. The van der Waals surface area contributed by atoms with Gasteiger partial charge in [-0.3, -0.25) is 9.59 Å². The minimum atomic E-state index is -0.473. The molecule has 1 aromatic heterocycles. The van der Waals surface area contributed by atoms with Gasteiger partial charge in [-0.1, -0.05) is 25.1 Å². The molecule has 3 rings (SSSR count). The maximum absolute atomic E-state index is 13.4. The lowest BCUT2D eigenvalue weighted by molar-refractivity contribution is -0.116. The highest BCUT2D eigenvalue weighted by molar-refractivity contribution is 5.92. The van der Waals surface area contributed by atoms with Gasteiger partial charge in [-0.25, -0.2) is 4.39 Å². The molecule has 1 heterocycles. The van der Waals surface area contributed by atoms with E-state index in [2.05, 4.69) is 5.32 Å². The van der Waals surface area contributed by atoms with E-state index in [-0.39, 0.29) is 23.3 Å². The fourth-order valence-corrected chi connectivity index (χ4v) is 2.72. The van der Waals surface area contributed by atoms with Crippen LogP contribution in [0.4, 0.5) is 10.1 Å². The molecule has 4 nitrogen and oxygen atoms in total. The number of fused-ring (bicyclic) bond motifs is 1. The number of hydrogen-bond donors (Lipinski definition) is 1. The molecule has 2 aromatic carbocycles. The lowest BCUT2D eigenvalue weighted by Crippen LogP contribution is -2.21. The third-order valence-corrected chi connectivity index (χ3v) is 3.93. The summed E-state index contributed by atoms with van der Waals surface area (Å²) in [5.41, 5.74) is 2.10. The molecule has 122 valence electrons. The van der Waals surface area contributed by atoms with Crippen molar-refractivity contribution in [1.82, 2.24) is 4.57 Å². The Hall–Kier alpha value is -2.95. The topological polar surface area (TPSA) is 51.1 Å². The van der Waals surface area contributed by atoms with Crippen LogP contribution in [-0.2, 0) is 17.8 Å². The maximum atomic E-state index is 13.4. The zero-order valence-corrected chi connectivity index (χ0v) is 13.3. The van der Waals surface area contributed by atoms with Crippen molar-refractivity contribution in [2.75, 3.05) is 5.32 Å². The van der Waals surface area contributed by atoms with Crippen LogP contribution in [0.5, 0.6) is 0 Å². The second-order valence-electron chi connectivity index (χ2n) is 5.53. The Morgan fingerprint density at radius 1 is 1.17 bits per heavy atom. The predicted octanol–water partition coefficient (Wildman–Crippen LogP) is 3.34. The lowest BCUT2D eigenvalue weighted by atomic mass is 10.1. The van der Waals surface area contributed by atoms with Crippen LogP contribution in [0.15, 0.2) is 59.5 Å². The molecule has 1 amide bonds. The van der Waals surface area contributed by atoms with Crippen molar-refractivity contribution in [3.8, 4) is 0 Å². The zero-order valence-electron chi connectivity index (χ0n) is 13.3. The summed E-state index contributed by atoms with van der Waals surface area (Å²) in [6, 6.07) is 12.9. The normalized spacial score (nSPS) is 10.8. The van der Waals surface area contributed by atoms with Gasteiger partial charge in [0.05, 0.1) is 5.52 Å². The average molecular weight is 324 g/mol. The van der Waals surface area contributed by atoms with E-state index in [4.69, 9.17) is 0 Å². The molecular formula is C19H17FN2O2. The Bertz CT molecular complexity index is 963. The molecule has 1 N–H and O–H groups in total. The highest BCUT2D eigenvalue weighted by Gasteiger charge is 2.09. The van der Waals surface area contributed by atoms with Crippen LogP contribution in [0.3, 0.4) is 0 Å². The number of para-hydroxylation sites is 1. The van der Waals surface area contributed by atoms with Gasteiger partial charge >= 0.3 is 0 Å². The first-order valence-electron chi connectivity index (χ1n) is 7.75. The SMILES string of the molecule is CCc1ccccc1NC(=O)Cn1ccc(=O)c2cc(F)ccc21. The Morgan fingerprint density at radius 3 is 2.75 bits per heavy atom. The van der Waals surface area contributed by atoms with Crippen LogP contribution in [-0.4, -0.2) is 10.5 Å². The lowest BCUT2D eigenvalue weighted by Gasteiger charge is -2.13. The molecule has 0 aliphatic rings. The van der Waals surface area contributed by atoms with Crippen LogP contribution in [0.25, 0.3) is 10.9 Å². The van der Waals surface area contributed by atoms with Gasteiger partial charge in [-0.2, -0.15) is 0 Å². The quantitative estimate of drug-likeness (QED) is 0.800. The van der Waals surface area contributed by atoms with E-state index < -0.39 is 5.82 Å². The first-order valence-corrected chi connectivity index (χ1v) is 7.75. The van der Waals surface area contributed by atoms with Crippen molar-refractivity contribution in [1.29, 1.82) is 0 Å². The molecule has 0 aliphatic heterocycles. The van der Waals surface area contributed by atoms with Gasteiger partial charge in [-0.15, -0.1) is 0 Å². The van der Waals surface area contributed by atoms with E-state index in [1.165, 1.54) is 24.3 Å². The molecule has 24 heavy (non-hydrogen) atoms. The van der Waals surface area contributed by atoms with Crippen molar-refractivity contribution in [3.05, 3.63) is 76.3 Å². The summed E-state index contributed by atoms with van der Waals surface area (Å²) in [6.45, 7) is 2.06. The third kappa shape index (κ3) is 3.20. The minimum absolute atomic E-state index is 0.0421. The van der Waals surface area contributed by atoms with Gasteiger partial charge in [-0.05, 0) is 36.2 Å². The number of rotatable bonds is 4. The molecule has 0 atom stereocenters. The van der Waals surface area contributed by atoms with E-state index >= 15 is 0 Å². The standard InChI is InChI=1S/C19H17FN2O2/c1-2-13-5-3-4-6-16(13)21-19(24)12-22-10-9-18(23)15-11-14(20)7-8-17(15)22/h3-11H,2,12H2,1H3,(H,21,24). The fourth-order valence-electron chi connectivity index (χ4n) is 2.72. The fraction of sp³-hybridized carbons (Fsp3) is 0.158. The molecular weight excluding hydrogens is 307 g/mol. The highest BCUT2D eigenvalue weighted by Crippen LogP contribution is 2.16. The van der Waals surface area contributed by atoms with Gasteiger partial charge in [0.15, 0.2) is 5.43 Å². The van der Waals surface area contributed by atoms with E-state index in [0.29, 0.717) is 5.52 Å². The second kappa shape index (κ2) is 6.66. The summed E-state index contributed by atoms with van der Waals surface area (Å²) in [5, 5.41) is 3.15. The number of nitrogens with one attached hydrogen (secondary N) is 1. The number of hydrogen-bond acceptors (Lipinski definition) is 2. The van der Waals surface area contributed by atoms with Gasteiger partial charge in [0.1, 0.15) is 12.4 Å². The first-order chi connectivity index (χ1) is 11.6. The molecule has 0 unspecified atom stereocenters. The van der Waals surface area contributed by atoms with Crippen molar-refractivity contribution in [3.63, 3.8) is 0 Å². The Balaban J connectivity index is 1.89. The Kier molecular flexibility index (Phi) is 4.42. The smallest absolute Gasteiger partial charge is 0.244 e. The van der Waals surface area contributed by atoms with E-state index in [1.807, 2.05) is 31.2 Å². The van der Waals surface area contributed by atoms with Crippen LogP contribution in [0.2, 0.25) is 0 Å². The molecule has 5 heteroatoms. The van der Waals surface area contributed by atoms with Crippen LogP contribution in [0, 0.1) is 5.82 Å². The van der Waals surface area contributed by atoms with Crippen molar-refractivity contribution in [2.45, 2.75) is 19.9 Å². The average Bonchev–Trinajstić information content (AvgIpc) is 2.58. The number of aromatic nitrogens is 1. The summed E-state index contributed by atoms with van der Waals surface area (Å²) in [6.07, 6.45) is 2.37. The first kappa shape index (κ1) is 15.9. The van der Waals surface area contributed by atoms with Crippen LogP contribution in [0.1, 0.15) is 12.5 Å². The van der Waals surface area contributed by atoms with Crippen molar-refractivity contribution < 1.29 is 9.18 Å². The number of halogens is 1. The molecule has 0 fully saturated rings. The summed E-state index contributed by atoms with van der Waals surface area (Å²) in [4.78, 5) is 24.2. The number of carbonyl (C=O) groups is 1. The number of amides is 1. The van der Waals surface area contributed by atoms with Crippen LogP contribution < -0.4 is 10.7 Å². The Morgan fingerprint density at radius 2 is 1.96 bits per heavy atom. The van der Waals surface area contributed by atoms with Gasteiger partial charge in [0, 0.05) is 23.3 Å². The number of anilines is 1. The number of nitrogens with zero attached hydrogens (tertiary/aromatic N) is 1. The molecule has 0 radical (unpaired) electrons. The number of pyridine rings is 1.